The molecule has 0 bridgehead atoms. The molecule has 0 fully saturated rings. The molecule has 0 spiro atoms. The highest BCUT2D eigenvalue weighted by Crippen LogP contribution is 2.29. The predicted molar refractivity (Wildman–Crippen MR) is 125 cm³/mol. The summed E-state index contributed by atoms with van der Waals surface area (Å²) >= 11 is 0. The van der Waals surface area contributed by atoms with Crippen molar-refractivity contribution in [1.82, 2.24) is 0 Å². The first-order valence-electron chi connectivity index (χ1n) is 10.6. The molecule has 0 aliphatic carbocycles. The minimum atomic E-state index is -0.727. The summed E-state index contributed by atoms with van der Waals surface area (Å²) in [4.78, 5) is 12.4. The van der Waals surface area contributed by atoms with Gasteiger partial charge < -0.3 is 4.74 Å². The number of hydrogen-bond acceptors (Lipinski definition) is 2. The van der Waals surface area contributed by atoms with Crippen LogP contribution in [0, 0.1) is 11.6 Å². The highest BCUT2D eigenvalue weighted by Gasteiger charge is 2.14. The average molecular weight is 433 g/mol. The Balaban J connectivity index is 1.71. The smallest absolute Gasteiger partial charge is 0.343 e. The van der Waals surface area contributed by atoms with Crippen LogP contribution >= 0.6 is 0 Å². The zero-order valence-electron chi connectivity index (χ0n) is 18.1. The van der Waals surface area contributed by atoms with Crippen molar-refractivity contribution in [2.24, 2.45) is 0 Å². The molecule has 0 unspecified atom stereocenters. The molecular weight excluding hydrogens is 406 g/mol. The first-order valence-corrected chi connectivity index (χ1v) is 10.6. The Morgan fingerprint density at radius 2 is 1.62 bits per heavy atom. The number of ether oxygens (including phenoxy) is 1. The average Bonchev–Trinajstić information content (AvgIpc) is 2.79. The maximum atomic E-state index is 14.6. The Morgan fingerprint density at radius 3 is 2.28 bits per heavy atom. The summed E-state index contributed by atoms with van der Waals surface area (Å²) in [6, 6.07) is 16.0. The Bertz CT molecular complexity index is 1110. The van der Waals surface area contributed by atoms with Crippen LogP contribution in [0.15, 0.2) is 85.5 Å². The first-order chi connectivity index (χ1) is 15.5. The Hall–Kier alpha value is -3.53. The molecule has 0 aromatic heterocycles. The van der Waals surface area contributed by atoms with Crippen LogP contribution in [-0.4, -0.2) is 5.97 Å². The van der Waals surface area contributed by atoms with Crippen LogP contribution in [0.25, 0.3) is 11.1 Å². The van der Waals surface area contributed by atoms with Gasteiger partial charge >= 0.3 is 5.97 Å². The van der Waals surface area contributed by atoms with E-state index in [1.54, 1.807) is 24.3 Å². The zero-order valence-corrected chi connectivity index (χ0v) is 18.1. The van der Waals surface area contributed by atoms with Gasteiger partial charge in [0.2, 0.25) is 0 Å². The molecule has 3 rings (SSSR count). The number of carbonyl (C=O) groups excluding carboxylic acids is 1. The molecule has 0 saturated carbocycles. The molecule has 164 valence electrons. The third-order valence-electron chi connectivity index (χ3n) is 5.14. The largest absolute Gasteiger partial charge is 0.420 e. The van der Waals surface area contributed by atoms with Gasteiger partial charge in [0.05, 0.1) is 5.56 Å². The standard InChI is InChI=1S/C28H26F2O2/c1-3-5-7-9-21-12-16-24(25(29)18-21)23-15-17-27(26(30)19-23)32-28(31)22-13-10-20(11-14-22)8-6-4-2/h3-5,10-19H,2,6-9H2,1H3/b5-3+. The van der Waals surface area contributed by atoms with Crippen molar-refractivity contribution in [1.29, 1.82) is 0 Å². The summed E-state index contributed by atoms with van der Waals surface area (Å²) in [7, 11) is 0. The molecule has 2 nitrogen and oxygen atoms in total. The molecule has 3 aromatic rings. The fourth-order valence-electron chi connectivity index (χ4n) is 3.35. The van der Waals surface area contributed by atoms with E-state index in [1.807, 2.05) is 43.4 Å². The molecular formula is C28H26F2O2. The van der Waals surface area contributed by atoms with Crippen LogP contribution < -0.4 is 4.74 Å². The van der Waals surface area contributed by atoms with E-state index in [1.165, 1.54) is 18.2 Å². The zero-order chi connectivity index (χ0) is 22.9. The number of carbonyl (C=O) groups is 1. The van der Waals surface area contributed by atoms with Gasteiger partial charge in [-0.2, -0.15) is 0 Å². The Kier molecular flexibility index (Phi) is 8.09. The third kappa shape index (κ3) is 6.01. The van der Waals surface area contributed by atoms with E-state index in [9.17, 15) is 13.6 Å². The number of halogens is 2. The molecule has 4 heteroatoms. The van der Waals surface area contributed by atoms with Crippen LogP contribution in [0.3, 0.4) is 0 Å². The van der Waals surface area contributed by atoms with Crippen molar-refractivity contribution >= 4 is 5.97 Å². The van der Waals surface area contributed by atoms with Gasteiger partial charge in [0, 0.05) is 5.56 Å². The van der Waals surface area contributed by atoms with Crippen LogP contribution in [0.1, 0.15) is 41.3 Å². The summed E-state index contributed by atoms with van der Waals surface area (Å²) in [6.45, 7) is 5.64. The minimum absolute atomic E-state index is 0.196. The molecule has 0 aliphatic rings. The lowest BCUT2D eigenvalue weighted by atomic mass is 10.0. The second kappa shape index (κ2) is 11.2. The van der Waals surface area contributed by atoms with Crippen molar-refractivity contribution in [3.63, 3.8) is 0 Å². The summed E-state index contributed by atoms with van der Waals surface area (Å²) in [5.41, 5.74) is 2.96. The summed E-state index contributed by atoms with van der Waals surface area (Å²) in [5, 5.41) is 0. The molecule has 32 heavy (non-hydrogen) atoms. The van der Waals surface area contributed by atoms with Gasteiger partial charge in [0.25, 0.3) is 0 Å². The van der Waals surface area contributed by atoms with Crippen molar-refractivity contribution in [2.45, 2.75) is 32.6 Å². The lowest BCUT2D eigenvalue weighted by molar-refractivity contribution is 0.0728. The van der Waals surface area contributed by atoms with E-state index in [2.05, 4.69) is 6.58 Å². The van der Waals surface area contributed by atoms with Gasteiger partial charge in [-0.05, 0) is 79.6 Å². The van der Waals surface area contributed by atoms with Gasteiger partial charge in [-0.3, -0.25) is 0 Å². The minimum Gasteiger partial charge on any atom is -0.420 e. The van der Waals surface area contributed by atoms with E-state index in [0.29, 0.717) is 16.7 Å². The number of aryl methyl sites for hydroxylation is 2. The first kappa shape index (κ1) is 23.1. The molecule has 0 radical (unpaired) electrons. The Morgan fingerprint density at radius 1 is 0.906 bits per heavy atom. The molecule has 3 aromatic carbocycles. The lowest BCUT2D eigenvalue weighted by Crippen LogP contribution is -2.09. The number of benzene rings is 3. The lowest BCUT2D eigenvalue weighted by Gasteiger charge is -2.10. The van der Waals surface area contributed by atoms with Crippen LogP contribution in [-0.2, 0) is 12.8 Å². The van der Waals surface area contributed by atoms with Gasteiger partial charge in [0.1, 0.15) is 5.82 Å². The van der Waals surface area contributed by atoms with E-state index >= 15 is 0 Å². The number of allylic oxidation sites excluding steroid dienone is 3. The van der Waals surface area contributed by atoms with Crippen LogP contribution in [0.5, 0.6) is 5.75 Å². The normalized spacial score (nSPS) is 11.0. The summed E-state index contributed by atoms with van der Waals surface area (Å²) < 4.78 is 34.4. The number of esters is 1. The second-order valence-electron chi connectivity index (χ2n) is 7.48. The van der Waals surface area contributed by atoms with E-state index in [-0.39, 0.29) is 5.75 Å². The van der Waals surface area contributed by atoms with Crippen LogP contribution in [0.2, 0.25) is 0 Å². The maximum Gasteiger partial charge on any atom is 0.343 e. The molecule has 0 aliphatic heterocycles. The van der Waals surface area contributed by atoms with Crippen molar-refractivity contribution in [2.75, 3.05) is 0 Å². The Labute approximate surface area is 187 Å². The fraction of sp³-hybridized carbons (Fsp3) is 0.179. The highest BCUT2D eigenvalue weighted by molar-refractivity contribution is 5.91. The quantitative estimate of drug-likeness (QED) is 0.199. The second-order valence-corrected chi connectivity index (χ2v) is 7.48. The molecule has 0 saturated heterocycles. The van der Waals surface area contributed by atoms with Crippen molar-refractivity contribution in [3.8, 4) is 16.9 Å². The highest BCUT2D eigenvalue weighted by atomic mass is 19.1. The fourth-order valence-corrected chi connectivity index (χ4v) is 3.35. The predicted octanol–water partition coefficient (Wildman–Crippen LogP) is 7.48. The topological polar surface area (TPSA) is 26.3 Å². The van der Waals surface area contributed by atoms with Gasteiger partial charge in [-0.1, -0.05) is 48.6 Å². The van der Waals surface area contributed by atoms with Gasteiger partial charge in [0.15, 0.2) is 11.6 Å². The molecule has 0 heterocycles. The SMILES string of the molecule is C=CCCc1ccc(C(=O)Oc2ccc(-c3ccc(CC/C=C/C)cc3F)cc2F)cc1. The van der Waals surface area contributed by atoms with E-state index < -0.39 is 17.6 Å². The monoisotopic (exact) mass is 432 g/mol. The van der Waals surface area contributed by atoms with Crippen molar-refractivity contribution in [3.05, 3.63) is 114 Å². The number of hydrogen-bond donors (Lipinski definition) is 0. The van der Waals surface area contributed by atoms with Gasteiger partial charge in [-0.15, -0.1) is 6.58 Å². The summed E-state index contributed by atoms with van der Waals surface area (Å²) in [6.07, 6.45) is 9.07. The maximum absolute atomic E-state index is 14.6. The summed E-state index contributed by atoms with van der Waals surface area (Å²) in [5.74, 6) is -1.99. The molecule has 0 amide bonds. The van der Waals surface area contributed by atoms with E-state index in [0.717, 1.165) is 36.8 Å². The van der Waals surface area contributed by atoms with Crippen LogP contribution in [0.4, 0.5) is 8.78 Å². The third-order valence-corrected chi connectivity index (χ3v) is 5.14. The number of rotatable bonds is 9. The van der Waals surface area contributed by atoms with Gasteiger partial charge in [-0.25, -0.2) is 13.6 Å². The molecule has 0 N–H and O–H groups in total. The molecule has 0 atom stereocenters. The van der Waals surface area contributed by atoms with Crippen molar-refractivity contribution < 1.29 is 18.3 Å². The van der Waals surface area contributed by atoms with E-state index in [4.69, 9.17) is 4.74 Å².